The lowest BCUT2D eigenvalue weighted by atomic mass is 9.84. The van der Waals surface area contributed by atoms with Gasteiger partial charge in [0.2, 0.25) is 0 Å². The van der Waals surface area contributed by atoms with Gasteiger partial charge in [-0.2, -0.15) is 0 Å². The summed E-state index contributed by atoms with van der Waals surface area (Å²) in [6.45, 7) is 9.28. The largest absolute Gasteiger partial charge is 0.478 e. The number of carbonyl (C=O) groups is 2. The molecule has 0 amide bonds. The van der Waals surface area contributed by atoms with E-state index in [4.69, 9.17) is 10.2 Å². The molecule has 0 radical (unpaired) electrons. The van der Waals surface area contributed by atoms with Crippen LogP contribution in [0.1, 0.15) is 52.9 Å². The lowest BCUT2D eigenvalue weighted by Crippen LogP contribution is -2.15. The number of aliphatic carboxylic acids is 2. The van der Waals surface area contributed by atoms with Crippen molar-refractivity contribution in [3.8, 4) is 0 Å². The van der Waals surface area contributed by atoms with Gasteiger partial charge in [0.1, 0.15) is 0 Å². The van der Waals surface area contributed by atoms with E-state index < -0.39 is 17.9 Å². The first kappa shape index (κ1) is 18.4. The SMILES string of the molecule is C=C(C(=O)O)C(C=C(C)C(=O)O)CC(CC)CCCC. The summed E-state index contributed by atoms with van der Waals surface area (Å²) in [5.41, 5.74) is 0.239. The number of rotatable bonds is 10. The minimum absolute atomic E-state index is 0.0700. The Kier molecular flexibility index (Phi) is 8.61. The third-order valence-corrected chi connectivity index (χ3v) is 3.64. The van der Waals surface area contributed by atoms with Gasteiger partial charge < -0.3 is 10.2 Å². The van der Waals surface area contributed by atoms with Gasteiger partial charge in [-0.1, -0.05) is 52.2 Å². The lowest BCUT2D eigenvalue weighted by molar-refractivity contribution is -0.134. The zero-order valence-electron chi connectivity index (χ0n) is 12.7. The van der Waals surface area contributed by atoms with Crippen LogP contribution >= 0.6 is 0 Å². The third kappa shape index (κ3) is 6.55. The summed E-state index contributed by atoms with van der Waals surface area (Å²) < 4.78 is 0. The molecule has 0 aliphatic rings. The molecule has 0 aromatic rings. The molecule has 4 heteroatoms. The molecule has 0 heterocycles. The van der Waals surface area contributed by atoms with E-state index in [1.807, 2.05) is 0 Å². The first-order chi connectivity index (χ1) is 9.33. The smallest absolute Gasteiger partial charge is 0.331 e. The fraction of sp³-hybridized carbons (Fsp3) is 0.625. The highest BCUT2D eigenvalue weighted by atomic mass is 16.4. The average molecular weight is 282 g/mol. The molecule has 0 aliphatic heterocycles. The standard InChI is InChI=1S/C16H26O4/c1-5-7-8-13(6-2)10-14(12(4)16(19)20)9-11(3)15(17)18/h9,13-14H,4-8,10H2,1-3H3,(H,17,18)(H,19,20). The topological polar surface area (TPSA) is 74.6 Å². The normalized spacial score (nSPS) is 14.7. The molecule has 0 bridgehead atoms. The van der Waals surface area contributed by atoms with Gasteiger partial charge in [0.25, 0.3) is 0 Å². The van der Waals surface area contributed by atoms with Crippen molar-refractivity contribution in [3.05, 3.63) is 23.8 Å². The molecular weight excluding hydrogens is 256 g/mol. The second kappa shape index (κ2) is 9.34. The van der Waals surface area contributed by atoms with Crippen LogP contribution in [0.4, 0.5) is 0 Å². The number of unbranched alkanes of at least 4 members (excludes halogenated alkanes) is 1. The molecule has 0 rings (SSSR count). The van der Waals surface area contributed by atoms with Crippen LogP contribution in [-0.2, 0) is 9.59 Å². The van der Waals surface area contributed by atoms with Crippen molar-refractivity contribution >= 4 is 11.9 Å². The van der Waals surface area contributed by atoms with Crippen LogP contribution in [0.15, 0.2) is 23.8 Å². The number of carboxylic acids is 2. The van der Waals surface area contributed by atoms with E-state index in [1.165, 1.54) is 13.0 Å². The first-order valence-electron chi connectivity index (χ1n) is 7.17. The van der Waals surface area contributed by atoms with Crippen LogP contribution in [0.3, 0.4) is 0 Å². The maximum atomic E-state index is 11.1. The second-order valence-electron chi connectivity index (χ2n) is 5.24. The van der Waals surface area contributed by atoms with Crippen LogP contribution in [0.5, 0.6) is 0 Å². The summed E-state index contributed by atoms with van der Waals surface area (Å²) >= 11 is 0. The second-order valence-corrected chi connectivity index (χ2v) is 5.24. The molecule has 0 spiro atoms. The van der Waals surface area contributed by atoms with Gasteiger partial charge in [-0.3, -0.25) is 0 Å². The molecule has 2 N–H and O–H groups in total. The Balaban J connectivity index is 5.02. The highest BCUT2D eigenvalue weighted by molar-refractivity contribution is 5.89. The monoisotopic (exact) mass is 282 g/mol. The molecule has 0 aromatic carbocycles. The van der Waals surface area contributed by atoms with Gasteiger partial charge in [-0.15, -0.1) is 0 Å². The molecule has 4 nitrogen and oxygen atoms in total. The van der Waals surface area contributed by atoms with Crippen molar-refractivity contribution in [3.63, 3.8) is 0 Å². The number of hydrogen-bond donors (Lipinski definition) is 2. The minimum atomic E-state index is -1.06. The predicted octanol–water partition coefficient (Wildman–Crippen LogP) is 3.88. The molecule has 0 fully saturated rings. The van der Waals surface area contributed by atoms with Gasteiger partial charge in [-0.25, -0.2) is 9.59 Å². The van der Waals surface area contributed by atoms with E-state index in [2.05, 4.69) is 20.4 Å². The van der Waals surface area contributed by atoms with Crippen molar-refractivity contribution in [1.82, 2.24) is 0 Å². The maximum absolute atomic E-state index is 11.1. The Bertz CT molecular complexity index is 382. The van der Waals surface area contributed by atoms with Crippen LogP contribution in [0.25, 0.3) is 0 Å². The molecule has 20 heavy (non-hydrogen) atoms. The van der Waals surface area contributed by atoms with Gasteiger partial charge in [0, 0.05) is 17.1 Å². The molecule has 2 unspecified atom stereocenters. The maximum Gasteiger partial charge on any atom is 0.331 e. The van der Waals surface area contributed by atoms with Crippen LogP contribution in [0.2, 0.25) is 0 Å². The molecule has 0 aromatic heterocycles. The van der Waals surface area contributed by atoms with Crippen LogP contribution in [-0.4, -0.2) is 22.2 Å². The van der Waals surface area contributed by atoms with Crippen LogP contribution in [0, 0.1) is 11.8 Å². The van der Waals surface area contributed by atoms with E-state index in [0.717, 1.165) is 25.7 Å². The Morgan fingerprint density at radius 1 is 1.20 bits per heavy atom. The summed E-state index contributed by atoms with van der Waals surface area (Å²) in [7, 11) is 0. The molecule has 0 aliphatic carbocycles. The molecular formula is C16H26O4. The van der Waals surface area contributed by atoms with Gasteiger partial charge in [0.15, 0.2) is 0 Å². The van der Waals surface area contributed by atoms with Crippen molar-refractivity contribution in [2.75, 3.05) is 0 Å². The van der Waals surface area contributed by atoms with Crippen molar-refractivity contribution in [2.45, 2.75) is 52.9 Å². The summed E-state index contributed by atoms with van der Waals surface area (Å²) in [5, 5.41) is 18.0. The van der Waals surface area contributed by atoms with Crippen molar-refractivity contribution < 1.29 is 19.8 Å². The van der Waals surface area contributed by atoms with Gasteiger partial charge in [-0.05, 0) is 19.3 Å². The number of carboxylic acid groups (broad SMARTS) is 2. The van der Waals surface area contributed by atoms with E-state index in [0.29, 0.717) is 12.3 Å². The summed E-state index contributed by atoms with van der Waals surface area (Å²) in [6, 6.07) is 0. The van der Waals surface area contributed by atoms with E-state index in [1.54, 1.807) is 0 Å². The van der Waals surface area contributed by atoms with Crippen molar-refractivity contribution in [2.24, 2.45) is 11.8 Å². The summed E-state index contributed by atoms with van der Waals surface area (Å²) in [6.07, 6.45) is 6.37. The third-order valence-electron chi connectivity index (χ3n) is 3.64. The van der Waals surface area contributed by atoms with Crippen molar-refractivity contribution in [1.29, 1.82) is 0 Å². The summed E-state index contributed by atoms with van der Waals surface area (Å²) in [5.74, 6) is -2.09. The Labute approximate surface area is 121 Å². The zero-order chi connectivity index (χ0) is 15.7. The summed E-state index contributed by atoms with van der Waals surface area (Å²) in [4.78, 5) is 22.0. The molecule has 114 valence electrons. The number of allylic oxidation sites excluding steroid dienone is 1. The van der Waals surface area contributed by atoms with Gasteiger partial charge >= 0.3 is 11.9 Å². The van der Waals surface area contributed by atoms with E-state index >= 15 is 0 Å². The van der Waals surface area contributed by atoms with Crippen LogP contribution < -0.4 is 0 Å². The van der Waals surface area contributed by atoms with E-state index in [9.17, 15) is 9.59 Å². The molecule has 0 saturated carbocycles. The Morgan fingerprint density at radius 2 is 1.80 bits per heavy atom. The quantitative estimate of drug-likeness (QED) is 0.596. The Hall–Kier alpha value is -1.58. The van der Waals surface area contributed by atoms with E-state index in [-0.39, 0.29) is 11.1 Å². The Morgan fingerprint density at radius 3 is 2.20 bits per heavy atom. The molecule has 2 atom stereocenters. The molecule has 0 saturated heterocycles. The first-order valence-corrected chi connectivity index (χ1v) is 7.17. The predicted molar refractivity (Wildman–Crippen MR) is 79.6 cm³/mol. The average Bonchev–Trinajstić information content (AvgIpc) is 2.40. The fourth-order valence-electron chi connectivity index (χ4n) is 2.18. The minimum Gasteiger partial charge on any atom is -0.478 e. The fourth-order valence-corrected chi connectivity index (χ4v) is 2.18. The zero-order valence-corrected chi connectivity index (χ0v) is 12.7. The highest BCUT2D eigenvalue weighted by Crippen LogP contribution is 2.27. The number of hydrogen-bond acceptors (Lipinski definition) is 2. The highest BCUT2D eigenvalue weighted by Gasteiger charge is 2.21. The lowest BCUT2D eigenvalue weighted by Gasteiger charge is -2.21. The van der Waals surface area contributed by atoms with Gasteiger partial charge in [0.05, 0.1) is 0 Å².